The van der Waals surface area contributed by atoms with Crippen molar-refractivity contribution in [3.63, 3.8) is 0 Å². The number of aromatic nitrogens is 2. The first-order valence-electron chi connectivity index (χ1n) is 11.2. The summed E-state index contributed by atoms with van der Waals surface area (Å²) in [7, 11) is 0. The molecule has 0 saturated carbocycles. The highest BCUT2D eigenvalue weighted by Gasteiger charge is 2.21. The Hall–Kier alpha value is -4.27. The summed E-state index contributed by atoms with van der Waals surface area (Å²) >= 11 is 2.44. The number of nitrogen functional groups attached to an aromatic ring is 1. The van der Waals surface area contributed by atoms with Gasteiger partial charge in [-0.3, -0.25) is 0 Å². The lowest BCUT2D eigenvalue weighted by Gasteiger charge is -2.14. The van der Waals surface area contributed by atoms with Crippen LogP contribution in [0.5, 0.6) is 5.75 Å². The summed E-state index contributed by atoms with van der Waals surface area (Å²) in [5, 5.41) is 33.7. The number of halogens is 2. The minimum atomic E-state index is -1.02. The average molecular weight is 567 g/mol. The number of anilines is 3. The number of aliphatic hydroxyl groups excluding tert-OH is 2. The molecule has 198 valence electrons. The minimum absolute atomic E-state index is 0.0275. The van der Waals surface area contributed by atoms with Crippen molar-refractivity contribution in [2.75, 3.05) is 24.3 Å². The van der Waals surface area contributed by atoms with Gasteiger partial charge in [0, 0.05) is 22.8 Å². The number of nitrogens with zero attached hydrogens (tertiary/aromatic N) is 4. The zero-order valence-corrected chi connectivity index (χ0v) is 21.7. The number of nitriles is 1. The number of thiazole rings is 1. The summed E-state index contributed by atoms with van der Waals surface area (Å²) in [5.41, 5.74) is 7.90. The monoisotopic (exact) mass is 566 g/mol. The van der Waals surface area contributed by atoms with Gasteiger partial charge in [-0.15, -0.1) is 11.3 Å². The van der Waals surface area contributed by atoms with E-state index in [-0.39, 0.29) is 29.4 Å². The van der Waals surface area contributed by atoms with Gasteiger partial charge in [0.1, 0.15) is 47.0 Å². The third-order valence-corrected chi connectivity index (χ3v) is 7.08. The Morgan fingerprint density at radius 2 is 2.00 bits per heavy atom. The van der Waals surface area contributed by atoms with Crippen molar-refractivity contribution >= 4 is 45.4 Å². The van der Waals surface area contributed by atoms with E-state index in [2.05, 4.69) is 26.2 Å². The first-order valence-corrected chi connectivity index (χ1v) is 13.1. The van der Waals surface area contributed by atoms with E-state index >= 15 is 0 Å². The van der Waals surface area contributed by atoms with Gasteiger partial charge in [0.2, 0.25) is 5.69 Å². The molecule has 1 atom stereocenters. The molecule has 2 heterocycles. The lowest BCUT2D eigenvalue weighted by molar-refractivity contribution is 0.0536. The van der Waals surface area contributed by atoms with Crippen LogP contribution < -0.4 is 15.8 Å². The van der Waals surface area contributed by atoms with E-state index in [4.69, 9.17) is 22.1 Å². The number of pyridine rings is 1. The molecule has 0 saturated heterocycles. The molecule has 13 heteroatoms. The van der Waals surface area contributed by atoms with Crippen molar-refractivity contribution < 1.29 is 23.7 Å². The highest BCUT2D eigenvalue weighted by molar-refractivity contribution is 7.98. The highest BCUT2D eigenvalue weighted by Crippen LogP contribution is 2.42. The Morgan fingerprint density at radius 1 is 1.23 bits per heavy atom. The molecule has 5 N–H and O–H groups in total. The molecule has 0 radical (unpaired) electrons. The van der Waals surface area contributed by atoms with Gasteiger partial charge in [0.05, 0.1) is 30.1 Å². The summed E-state index contributed by atoms with van der Waals surface area (Å²) in [6.45, 7) is 7.08. The molecule has 0 amide bonds. The fourth-order valence-electron chi connectivity index (χ4n) is 3.42. The van der Waals surface area contributed by atoms with Crippen LogP contribution in [-0.4, -0.2) is 39.5 Å². The first-order chi connectivity index (χ1) is 18.8. The van der Waals surface area contributed by atoms with Gasteiger partial charge >= 0.3 is 0 Å². The Bertz CT molecular complexity index is 1570. The van der Waals surface area contributed by atoms with E-state index in [0.717, 1.165) is 12.1 Å². The van der Waals surface area contributed by atoms with Crippen LogP contribution >= 0.6 is 23.1 Å². The number of benzene rings is 2. The fourth-order valence-corrected chi connectivity index (χ4v) is 5.13. The molecule has 2 aromatic carbocycles. The normalized spacial score (nSPS) is 11.4. The number of ether oxygens (including phenoxy) is 1. The minimum Gasteiger partial charge on any atom is -0.491 e. The molecule has 0 fully saturated rings. The molecule has 0 aliphatic rings. The van der Waals surface area contributed by atoms with Gasteiger partial charge in [-0.1, -0.05) is 23.9 Å². The SMILES string of the molecule is [C-]#[N+]c1c(N)nc(SCc2csc(Nc3ccc(F)cc3F)n2)c(C#N)c1-c1ccc(OCC(O)CO)cc1. The number of hydrogen-bond donors (Lipinski definition) is 4. The molecule has 9 nitrogen and oxygen atoms in total. The van der Waals surface area contributed by atoms with Crippen LogP contribution in [0.25, 0.3) is 16.0 Å². The van der Waals surface area contributed by atoms with Crippen LogP contribution in [-0.2, 0) is 5.75 Å². The molecular formula is C26H20F2N6O3S2. The molecule has 0 aliphatic heterocycles. The summed E-state index contributed by atoms with van der Waals surface area (Å²) < 4.78 is 32.5. The zero-order valence-electron chi connectivity index (χ0n) is 20.1. The van der Waals surface area contributed by atoms with Gasteiger partial charge in [-0.05, 0) is 29.8 Å². The van der Waals surface area contributed by atoms with Gasteiger partial charge in [-0.2, -0.15) is 5.26 Å². The van der Waals surface area contributed by atoms with Gasteiger partial charge in [0.25, 0.3) is 0 Å². The number of nitrogens with one attached hydrogen (secondary N) is 1. The molecular weight excluding hydrogens is 546 g/mol. The van der Waals surface area contributed by atoms with Crippen LogP contribution in [0.4, 0.5) is 31.1 Å². The fraction of sp³-hybridized carbons (Fsp3) is 0.154. The van der Waals surface area contributed by atoms with Crippen molar-refractivity contribution in [1.29, 1.82) is 5.26 Å². The third kappa shape index (κ3) is 6.60. The number of rotatable bonds is 10. The molecule has 39 heavy (non-hydrogen) atoms. The number of aliphatic hydroxyl groups is 2. The van der Waals surface area contributed by atoms with Crippen molar-refractivity contribution in [3.05, 3.63) is 82.2 Å². The largest absolute Gasteiger partial charge is 0.491 e. The maximum atomic E-state index is 14.0. The van der Waals surface area contributed by atoms with E-state index in [1.165, 1.54) is 29.2 Å². The Balaban J connectivity index is 1.56. The molecule has 4 aromatic rings. The Labute approximate surface area is 230 Å². The summed E-state index contributed by atoms with van der Waals surface area (Å²) in [4.78, 5) is 12.2. The van der Waals surface area contributed by atoms with Crippen molar-refractivity contribution in [1.82, 2.24) is 9.97 Å². The van der Waals surface area contributed by atoms with Gasteiger partial charge in [-0.25, -0.2) is 23.6 Å². The molecule has 2 aromatic heterocycles. The third-order valence-electron chi connectivity index (χ3n) is 5.27. The van der Waals surface area contributed by atoms with Crippen molar-refractivity contribution in [3.8, 4) is 22.9 Å². The van der Waals surface area contributed by atoms with Crippen molar-refractivity contribution in [2.24, 2.45) is 0 Å². The predicted octanol–water partition coefficient (Wildman–Crippen LogP) is 5.26. The van der Waals surface area contributed by atoms with Gasteiger partial charge in [0.15, 0.2) is 5.13 Å². The van der Waals surface area contributed by atoms with Crippen LogP contribution in [0.1, 0.15) is 11.3 Å². The molecule has 0 spiro atoms. The molecule has 1 unspecified atom stereocenters. The second kappa shape index (κ2) is 12.5. The van der Waals surface area contributed by atoms with E-state index in [1.54, 1.807) is 29.6 Å². The average Bonchev–Trinajstić information content (AvgIpc) is 3.39. The number of thioether (sulfide) groups is 1. The summed E-state index contributed by atoms with van der Waals surface area (Å²) in [6.07, 6.45) is -1.02. The number of nitrogens with two attached hydrogens (primary N) is 1. The Morgan fingerprint density at radius 3 is 2.67 bits per heavy atom. The zero-order chi connectivity index (χ0) is 27.9. The smallest absolute Gasteiger partial charge is 0.236 e. The topological polar surface area (TPSA) is 142 Å². The summed E-state index contributed by atoms with van der Waals surface area (Å²) in [6, 6.07) is 11.9. The lowest BCUT2D eigenvalue weighted by atomic mass is 10.00. The second-order valence-corrected chi connectivity index (χ2v) is 9.80. The van der Waals surface area contributed by atoms with Gasteiger partial charge < -0.3 is 26.0 Å². The van der Waals surface area contributed by atoms with Crippen LogP contribution in [0.2, 0.25) is 0 Å². The van der Waals surface area contributed by atoms with E-state index in [1.807, 2.05) is 0 Å². The predicted molar refractivity (Wildman–Crippen MR) is 145 cm³/mol. The second-order valence-electron chi connectivity index (χ2n) is 7.98. The highest BCUT2D eigenvalue weighted by atomic mass is 32.2. The van der Waals surface area contributed by atoms with E-state index in [0.29, 0.717) is 38.5 Å². The van der Waals surface area contributed by atoms with Crippen LogP contribution in [0, 0.1) is 29.5 Å². The van der Waals surface area contributed by atoms with Crippen LogP contribution in [0.3, 0.4) is 0 Å². The lowest BCUT2D eigenvalue weighted by Crippen LogP contribution is -2.21. The quantitative estimate of drug-likeness (QED) is 0.149. The van der Waals surface area contributed by atoms with Crippen LogP contribution in [0.15, 0.2) is 52.9 Å². The first kappa shape index (κ1) is 27.8. The molecule has 0 bridgehead atoms. The van der Waals surface area contributed by atoms with E-state index < -0.39 is 24.3 Å². The maximum Gasteiger partial charge on any atom is 0.236 e. The Kier molecular flexibility index (Phi) is 8.91. The standard InChI is InChI=1S/C26H20F2N6O3S2/c1-31-23-22(14-2-5-18(6-3-14)37-11-17(36)10-35)19(9-29)25(34-24(23)30)38-12-16-13-39-26(32-16)33-21-7-4-15(27)8-20(21)28/h2-8,13,17,35-36H,10-12H2,(H2,30,34)(H,32,33). The molecule has 0 aliphatic carbocycles. The number of hydrogen-bond acceptors (Lipinski definition) is 10. The van der Waals surface area contributed by atoms with Crippen molar-refractivity contribution in [2.45, 2.75) is 16.9 Å². The van der Waals surface area contributed by atoms with E-state index in [9.17, 15) is 19.1 Å². The molecule has 4 rings (SSSR count). The summed E-state index contributed by atoms with van der Waals surface area (Å²) in [5.74, 6) is -0.712. The maximum absolute atomic E-state index is 14.0.